The van der Waals surface area contributed by atoms with E-state index in [9.17, 15) is 14.4 Å². The summed E-state index contributed by atoms with van der Waals surface area (Å²) in [6, 6.07) is 6.33. The van der Waals surface area contributed by atoms with Gasteiger partial charge in [0, 0.05) is 30.2 Å². The minimum Gasteiger partial charge on any atom is -0.481 e. The molecule has 1 aliphatic carbocycles. The summed E-state index contributed by atoms with van der Waals surface area (Å²) >= 11 is 6.05. The predicted octanol–water partition coefficient (Wildman–Crippen LogP) is 3.05. The van der Waals surface area contributed by atoms with Crippen molar-refractivity contribution in [3.63, 3.8) is 0 Å². The second-order valence-corrected chi connectivity index (χ2v) is 7.93. The van der Waals surface area contributed by atoms with Gasteiger partial charge in [-0.1, -0.05) is 30.5 Å². The van der Waals surface area contributed by atoms with Gasteiger partial charge in [-0.05, 0) is 43.4 Å². The standard InChI is InChI=1S/C20H25ClN2O4/c1-22(10-9-18(24)25)20(27)17-12-13-5-2-3-8-16(13)23(17)19(26)14-6-4-7-15(21)11-14/h4,6-7,11,13,16-17H,2-3,5,8-10,12H2,1H3,(H,24,25). The number of amides is 2. The maximum absolute atomic E-state index is 13.3. The molecule has 1 aromatic carbocycles. The second kappa shape index (κ2) is 8.30. The lowest BCUT2D eigenvalue weighted by Gasteiger charge is -2.34. The molecule has 1 N–H and O–H groups in total. The van der Waals surface area contributed by atoms with Crippen LogP contribution in [0.4, 0.5) is 0 Å². The van der Waals surface area contributed by atoms with E-state index in [0.29, 0.717) is 22.9 Å². The van der Waals surface area contributed by atoms with Crippen LogP contribution in [-0.4, -0.2) is 58.4 Å². The van der Waals surface area contributed by atoms with Crippen LogP contribution < -0.4 is 0 Å². The highest BCUT2D eigenvalue weighted by Crippen LogP contribution is 2.41. The first-order chi connectivity index (χ1) is 12.9. The Balaban J connectivity index is 1.85. The second-order valence-electron chi connectivity index (χ2n) is 7.49. The number of nitrogens with zero attached hydrogens (tertiary/aromatic N) is 2. The molecule has 0 bridgehead atoms. The Morgan fingerprint density at radius 1 is 1.26 bits per heavy atom. The van der Waals surface area contributed by atoms with Gasteiger partial charge in [0.2, 0.25) is 5.91 Å². The number of hydrogen-bond donors (Lipinski definition) is 1. The maximum atomic E-state index is 13.3. The maximum Gasteiger partial charge on any atom is 0.305 e. The van der Waals surface area contributed by atoms with Crippen molar-refractivity contribution in [3.05, 3.63) is 34.9 Å². The summed E-state index contributed by atoms with van der Waals surface area (Å²) in [6.45, 7) is 0.138. The fourth-order valence-electron chi connectivity index (χ4n) is 4.37. The van der Waals surface area contributed by atoms with Crippen LogP contribution in [0.5, 0.6) is 0 Å². The van der Waals surface area contributed by atoms with Crippen LogP contribution in [0.25, 0.3) is 0 Å². The highest BCUT2D eigenvalue weighted by atomic mass is 35.5. The van der Waals surface area contributed by atoms with Gasteiger partial charge in [0.05, 0.1) is 6.42 Å². The molecule has 27 heavy (non-hydrogen) atoms. The molecule has 1 saturated carbocycles. The predicted molar refractivity (Wildman–Crippen MR) is 102 cm³/mol. The lowest BCUT2D eigenvalue weighted by molar-refractivity contribution is -0.139. The first kappa shape index (κ1) is 19.7. The first-order valence-corrected chi connectivity index (χ1v) is 9.81. The molecule has 1 heterocycles. The van der Waals surface area contributed by atoms with Gasteiger partial charge in [0.25, 0.3) is 5.91 Å². The molecule has 2 amide bonds. The summed E-state index contributed by atoms with van der Waals surface area (Å²) in [5.41, 5.74) is 0.486. The van der Waals surface area contributed by atoms with E-state index in [2.05, 4.69) is 0 Å². The van der Waals surface area contributed by atoms with E-state index in [1.54, 1.807) is 36.2 Å². The third-order valence-corrected chi connectivity index (χ3v) is 5.95. The fraction of sp³-hybridized carbons (Fsp3) is 0.550. The van der Waals surface area contributed by atoms with Crippen molar-refractivity contribution >= 4 is 29.4 Å². The molecule has 0 radical (unpaired) electrons. The number of aliphatic carboxylic acids is 1. The molecule has 2 aliphatic rings. The van der Waals surface area contributed by atoms with Gasteiger partial charge >= 0.3 is 5.97 Å². The summed E-state index contributed by atoms with van der Waals surface area (Å²) in [6.07, 6.45) is 4.63. The SMILES string of the molecule is CN(CCC(=O)O)C(=O)C1CC2CCCCC2N1C(=O)c1cccc(Cl)c1. The molecular formula is C20H25ClN2O4. The molecule has 2 fully saturated rings. The zero-order chi connectivity index (χ0) is 19.6. The topological polar surface area (TPSA) is 77.9 Å². The van der Waals surface area contributed by atoms with E-state index in [4.69, 9.17) is 16.7 Å². The number of carbonyl (C=O) groups excluding carboxylic acids is 2. The van der Waals surface area contributed by atoms with E-state index >= 15 is 0 Å². The molecule has 146 valence electrons. The van der Waals surface area contributed by atoms with E-state index in [-0.39, 0.29) is 30.8 Å². The van der Waals surface area contributed by atoms with Crippen molar-refractivity contribution in [1.29, 1.82) is 0 Å². The molecule has 0 spiro atoms. The van der Waals surface area contributed by atoms with Gasteiger partial charge in [-0.25, -0.2) is 0 Å². The zero-order valence-corrected chi connectivity index (χ0v) is 16.2. The summed E-state index contributed by atoms with van der Waals surface area (Å²) in [4.78, 5) is 40.3. The molecule has 3 atom stereocenters. The number of carboxylic acids is 1. The Kier molecular flexibility index (Phi) is 6.05. The van der Waals surface area contributed by atoms with E-state index in [1.165, 1.54) is 4.90 Å². The minimum atomic E-state index is -0.943. The summed E-state index contributed by atoms with van der Waals surface area (Å²) in [5, 5.41) is 9.37. The molecule has 1 saturated heterocycles. The third kappa shape index (κ3) is 4.26. The Bertz CT molecular complexity index is 738. The van der Waals surface area contributed by atoms with Gasteiger partial charge in [0.15, 0.2) is 0 Å². The highest BCUT2D eigenvalue weighted by molar-refractivity contribution is 6.31. The minimum absolute atomic E-state index is 0.0621. The number of hydrogen-bond acceptors (Lipinski definition) is 3. The van der Waals surface area contributed by atoms with Gasteiger partial charge < -0.3 is 14.9 Å². The monoisotopic (exact) mass is 392 g/mol. The normalized spacial score (nSPS) is 24.4. The van der Waals surface area contributed by atoms with Crippen molar-refractivity contribution in [1.82, 2.24) is 9.80 Å². The molecule has 1 aromatic rings. The largest absolute Gasteiger partial charge is 0.481 e. The van der Waals surface area contributed by atoms with Crippen LogP contribution in [-0.2, 0) is 9.59 Å². The Hall–Kier alpha value is -2.08. The van der Waals surface area contributed by atoms with Crippen molar-refractivity contribution in [2.45, 2.75) is 50.6 Å². The van der Waals surface area contributed by atoms with Gasteiger partial charge in [-0.2, -0.15) is 0 Å². The van der Waals surface area contributed by atoms with Crippen LogP contribution in [0.15, 0.2) is 24.3 Å². The Morgan fingerprint density at radius 2 is 2.00 bits per heavy atom. The zero-order valence-electron chi connectivity index (χ0n) is 15.4. The first-order valence-electron chi connectivity index (χ1n) is 9.43. The third-order valence-electron chi connectivity index (χ3n) is 5.72. The fourth-order valence-corrected chi connectivity index (χ4v) is 4.56. The Labute approximate surface area is 164 Å². The molecule has 0 aromatic heterocycles. The molecule has 6 nitrogen and oxygen atoms in total. The lowest BCUT2D eigenvalue weighted by Crippen LogP contribution is -2.50. The summed E-state index contributed by atoms with van der Waals surface area (Å²) in [7, 11) is 1.61. The van der Waals surface area contributed by atoms with E-state index in [1.807, 2.05) is 0 Å². The molecule has 3 rings (SSSR count). The molecular weight excluding hydrogens is 368 g/mol. The number of halogens is 1. The quantitative estimate of drug-likeness (QED) is 0.835. The average molecular weight is 393 g/mol. The summed E-state index contributed by atoms with van der Waals surface area (Å²) < 4.78 is 0. The average Bonchev–Trinajstić information content (AvgIpc) is 3.04. The van der Waals surface area contributed by atoms with Crippen molar-refractivity contribution in [3.8, 4) is 0 Å². The number of carboxylic acid groups (broad SMARTS) is 1. The number of carbonyl (C=O) groups is 3. The number of rotatable bonds is 5. The van der Waals surface area contributed by atoms with E-state index < -0.39 is 12.0 Å². The Morgan fingerprint density at radius 3 is 2.70 bits per heavy atom. The van der Waals surface area contributed by atoms with Gasteiger partial charge in [-0.15, -0.1) is 0 Å². The lowest BCUT2D eigenvalue weighted by atomic mass is 9.84. The van der Waals surface area contributed by atoms with Crippen LogP contribution >= 0.6 is 11.6 Å². The van der Waals surface area contributed by atoms with Crippen LogP contribution in [0.1, 0.15) is 48.9 Å². The van der Waals surface area contributed by atoms with Crippen LogP contribution in [0.2, 0.25) is 5.02 Å². The number of fused-ring (bicyclic) bond motifs is 1. The smallest absolute Gasteiger partial charge is 0.305 e. The summed E-state index contributed by atoms with van der Waals surface area (Å²) in [5.74, 6) is -0.969. The number of benzene rings is 1. The van der Waals surface area contributed by atoms with Crippen LogP contribution in [0, 0.1) is 5.92 Å². The highest BCUT2D eigenvalue weighted by Gasteiger charge is 2.48. The number of likely N-dealkylation sites (N-methyl/N-ethyl adjacent to an activating group) is 1. The van der Waals surface area contributed by atoms with Gasteiger partial charge in [0.1, 0.15) is 6.04 Å². The molecule has 1 aliphatic heterocycles. The van der Waals surface area contributed by atoms with Crippen molar-refractivity contribution in [2.75, 3.05) is 13.6 Å². The number of likely N-dealkylation sites (tertiary alicyclic amines) is 1. The van der Waals surface area contributed by atoms with Gasteiger partial charge in [-0.3, -0.25) is 14.4 Å². The van der Waals surface area contributed by atoms with Crippen LogP contribution in [0.3, 0.4) is 0 Å². The van der Waals surface area contributed by atoms with Crippen molar-refractivity contribution < 1.29 is 19.5 Å². The molecule has 7 heteroatoms. The molecule has 3 unspecified atom stereocenters. The van der Waals surface area contributed by atoms with E-state index in [0.717, 1.165) is 25.7 Å². The van der Waals surface area contributed by atoms with Crippen molar-refractivity contribution in [2.24, 2.45) is 5.92 Å².